The SMILES string of the molecule is Cc1c(S(=O)(=O)N2CCn3nncc3C2)cc(C(=O)NCc2cccc3ncccc23)n1C. The Morgan fingerprint density at radius 3 is 2.88 bits per heavy atom. The summed E-state index contributed by atoms with van der Waals surface area (Å²) in [5.74, 6) is -0.344. The van der Waals surface area contributed by atoms with E-state index in [1.165, 1.54) is 10.4 Å². The van der Waals surface area contributed by atoms with Gasteiger partial charge in [-0.15, -0.1) is 5.10 Å². The highest BCUT2D eigenvalue weighted by Gasteiger charge is 2.32. The third-order valence-corrected chi connectivity index (χ3v) is 8.07. The topological polar surface area (TPSA) is 115 Å². The van der Waals surface area contributed by atoms with Crippen molar-refractivity contribution in [2.24, 2.45) is 7.05 Å². The summed E-state index contributed by atoms with van der Waals surface area (Å²) >= 11 is 0. The van der Waals surface area contributed by atoms with E-state index < -0.39 is 10.0 Å². The molecule has 11 heteroatoms. The van der Waals surface area contributed by atoms with Crippen molar-refractivity contribution in [1.29, 1.82) is 0 Å². The lowest BCUT2D eigenvalue weighted by Crippen LogP contribution is -2.38. The maximum absolute atomic E-state index is 13.4. The average molecular weight is 466 g/mol. The van der Waals surface area contributed by atoms with Gasteiger partial charge < -0.3 is 9.88 Å². The van der Waals surface area contributed by atoms with Gasteiger partial charge in [0, 0.05) is 37.4 Å². The lowest BCUT2D eigenvalue weighted by molar-refractivity contribution is 0.0942. The molecular weight excluding hydrogens is 442 g/mol. The van der Waals surface area contributed by atoms with Crippen molar-refractivity contribution < 1.29 is 13.2 Å². The number of carbonyl (C=O) groups is 1. The summed E-state index contributed by atoms with van der Waals surface area (Å²) in [6.07, 6.45) is 3.30. The van der Waals surface area contributed by atoms with Crippen LogP contribution < -0.4 is 5.32 Å². The predicted molar refractivity (Wildman–Crippen MR) is 121 cm³/mol. The Balaban J connectivity index is 1.38. The second kappa shape index (κ2) is 8.09. The Labute approximate surface area is 190 Å². The zero-order valence-corrected chi connectivity index (χ0v) is 19.1. The lowest BCUT2D eigenvalue weighted by Gasteiger charge is -2.26. The molecule has 0 spiro atoms. The van der Waals surface area contributed by atoms with Crippen LogP contribution in [0.2, 0.25) is 0 Å². The van der Waals surface area contributed by atoms with Crippen LogP contribution >= 0.6 is 0 Å². The first-order valence-corrected chi connectivity index (χ1v) is 11.9. The third kappa shape index (κ3) is 3.68. The van der Waals surface area contributed by atoms with Crippen molar-refractivity contribution in [3.05, 3.63) is 71.4 Å². The summed E-state index contributed by atoms with van der Waals surface area (Å²) in [4.78, 5) is 17.5. The molecule has 5 rings (SSSR count). The van der Waals surface area contributed by atoms with Gasteiger partial charge in [-0.05, 0) is 30.7 Å². The van der Waals surface area contributed by atoms with E-state index in [9.17, 15) is 13.2 Å². The lowest BCUT2D eigenvalue weighted by atomic mass is 10.1. The van der Waals surface area contributed by atoms with Crippen LogP contribution in [0.4, 0.5) is 0 Å². The van der Waals surface area contributed by atoms with E-state index in [-0.39, 0.29) is 23.0 Å². The fourth-order valence-electron chi connectivity index (χ4n) is 4.14. The highest BCUT2D eigenvalue weighted by Crippen LogP contribution is 2.26. The Hall–Kier alpha value is -3.57. The first-order chi connectivity index (χ1) is 15.9. The Kier molecular flexibility index (Phi) is 5.22. The molecule has 0 radical (unpaired) electrons. The van der Waals surface area contributed by atoms with E-state index in [1.54, 1.807) is 35.6 Å². The van der Waals surface area contributed by atoms with E-state index in [0.717, 1.165) is 22.2 Å². The van der Waals surface area contributed by atoms with Gasteiger partial charge in [-0.25, -0.2) is 13.1 Å². The van der Waals surface area contributed by atoms with E-state index in [0.29, 0.717) is 25.3 Å². The molecule has 10 nitrogen and oxygen atoms in total. The molecule has 1 aliphatic heterocycles. The number of hydrogen-bond acceptors (Lipinski definition) is 6. The van der Waals surface area contributed by atoms with Crippen molar-refractivity contribution >= 4 is 26.8 Å². The molecule has 1 amide bonds. The fraction of sp³-hybridized carbons (Fsp3) is 0.273. The number of aromatic nitrogens is 5. The van der Waals surface area contributed by atoms with Gasteiger partial charge in [0.2, 0.25) is 10.0 Å². The van der Waals surface area contributed by atoms with Gasteiger partial charge in [0.25, 0.3) is 5.91 Å². The summed E-state index contributed by atoms with van der Waals surface area (Å²) in [6, 6.07) is 11.0. The summed E-state index contributed by atoms with van der Waals surface area (Å²) in [7, 11) is -2.09. The van der Waals surface area contributed by atoms with Gasteiger partial charge in [0.1, 0.15) is 10.6 Å². The van der Waals surface area contributed by atoms with Crippen LogP contribution in [0.1, 0.15) is 27.4 Å². The number of amides is 1. The van der Waals surface area contributed by atoms with Crippen LogP contribution in [-0.2, 0) is 36.7 Å². The summed E-state index contributed by atoms with van der Waals surface area (Å²) in [5, 5.41) is 11.7. The monoisotopic (exact) mass is 465 g/mol. The molecule has 0 atom stereocenters. The van der Waals surface area contributed by atoms with Crippen molar-refractivity contribution in [1.82, 2.24) is 34.2 Å². The molecule has 4 aromatic rings. The second-order valence-corrected chi connectivity index (χ2v) is 9.90. The van der Waals surface area contributed by atoms with Crippen LogP contribution in [0.5, 0.6) is 0 Å². The Bertz CT molecular complexity index is 1470. The molecular formula is C22H23N7O3S. The molecule has 0 fully saturated rings. The third-order valence-electron chi connectivity index (χ3n) is 6.11. The standard InChI is InChI=1S/C22H23N7O3S/c1-15-21(33(31,32)28-9-10-29-17(14-28)13-25-26-29)11-20(27(15)2)22(30)24-12-16-5-3-7-19-18(16)6-4-8-23-19/h3-8,11,13H,9-10,12,14H2,1-2H3,(H,24,30). The largest absolute Gasteiger partial charge is 0.347 e. The van der Waals surface area contributed by atoms with Gasteiger partial charge in [-0.2, -0.15) is 4.31 Å². The molecule has 3 aromatic heterocycles. The molecule has 170 valence electrons. The number of hydrogen-bond donors (Lipinski definition) is 1. The molecule has 1 N–H and O–H groups in total. The maximum atomic E-state index is 13.4. The van der Waals surface area contributed by atoms with Crippen molar-refractivity contribution in [3.8, 4) is 0 Å². The van der Waals surface area contributed by atoms with Gasteiger partial charge in [0.05, 0.1) is 30.5 Å². The number of benzene rings is 1. The van der Waals surface area contributed by atoms with Crippen LogP contribution in [0, 0.1) is 6.92 Å². The number of carbonyl (C=O) groups excluding carboxylic acids is 1. The molecule has 0 saturated heterocycles. The first-order valence-electron chi connectivity index (χ1n) is 10.5. The molecule has 0 saturated carbocycles. The molecule has 4 heterocycles. The summed E-state index contributed by atoms with van der Waals surface area (Å²) < 4.78 is 31.5. The second-order valence-electron chi connectivity index (χ2n) is 8.00. The van der Waals surface area contributed by atoms with Gasteiger partial charge in [0.15, 0.2) is 0 Å². The number of rotatable bonds is 5. The predicted octanol–water partition coefficient (Wildman–Crippen LogP) is 1.61. The van der Waals surface area contributed by atoms with Gasteiger partial charge in [-0.1, -0.05) is 23.4 Å². The van der Waals surface area contributed by atoms with E-state index in [2.05, 4.69) is 20.6 Å². The molecule has 33 heavy (non-hydrogen) atoms. The Morgan fingerprint density at radius 2 is 2.03 bits per heavy atom. The zero-order valence-electron chi connectivity index (χ0n) is 18.3. The van der Waals surface area contributed by atoms with Gasteiger partial charge in [-0.3, -0.25) is 9.78 Å². The normalized spacial score (nSPS) is 14.4. The minimum atomic E-state index is -3.79. The average Bonchev–Trinajstić information content (AvgIpc) is 3.41. The van der Waals surface area contributed by atoms with Crippen molar-refractivity contribution in [2.45, 2.75) is 31.5 Å². The van der Waals surface area contributed by atoms with Crippen LogP contribution in [-0.4, -0.2) is 49.7 Å². The smallest absolute Gasteiger partial charge is 0.268 e. The maximum Gasteiger partial charge on any atom is 0.268 e. The van der Waals surface area contributed by atoms with E-state index in [4.69, 9.17) is 0 Å². The number of fused-ring (bicyclic) bond motifs is 2. The minimum Gasteiger partial charge on any atom is -0.347 e. The number of nitrogens with zero attached hydrogens (tertiary/aromatic N) is 6. The van der Waals surface area contributed by atoms with Crippen LogP contribution in [0.15, 0.2) is 53.7 Å². The number of nitrogens with one attached hydrogen (secondary N) is 1. The van der Waals surface area contributed by atoms with Crippen LogP contribution in [0.25, 0.3) is 10.9 Å². The molecule has 1 aliphatic rings. The van der Waals surface area contributed by atoms with E-state index >= 15 is 0 Å². The quantitative estimate of drug-likeness (QED) is 0.479. The summed E-state index contributed by atoms with van der Waals surface area (Å²) in [5.41, 5.74) is 3.32. The zero-order chi connectivity index (χ0) is 23.2. The molecule has 0 aliphatic carbocycles. The Morgan fingerprint density at radius 1 is 1.18 bits per heavy atom. The van der Waals surface area contributed by atoms with Gasteiger partial charge >= 0.3 is 0 Å². The molecule has 0 bridgehead atoms. The van der Waals surface area contributed by atoms with Crippen molar-refractivity contribution in [2.75, 3.05) is 6.54 Å². The first kappa shape index (κ1) is 21.3. The van der Waals surface area contributed by atoms with Crippen LogP contribution in [0.3, 0.4) is 0 Å². The number of pyridine rings is 1. The number of sulfonamides is 1. The highest BCUT2D eigenvalue weighted by atomic mass is 32.2. The van der Waals surface area contributed by atoms with Crippen molar-refractivity contribution in [3.63, 3.8) is 0 Å². The highest BCUT2D eigenvalue weighted by molar-refractivity contribution is 7.89. The molecule has 1 aromatic carbocycles. The minimum absolute atomic E-state index is 0.130. The van der Waals surface area contributed by atoms with E-state index in [1.807, 2.05) is 30.3 Å². The summed E-state index contributed by atoms with van der Waals surface area (Å²) in [6.45, 7) is 2.94. The fourth-order valence-corrected chi connectivity index (χ4v) is 5.81. The molecule has 0 unspecified atom stereocenters.